The summed E-state index contributed by atoms with van der Waals surface area (Å²) in [5, 5.41) is 0. The third-order valence-corrected chi connectivity index (χ3v) is 3.68. The molecule has 0 radical (unpaired) electrons. The normalized spacial score (nSPS) is 23.5. The Morgan fingerprint density at radius 2 is 2.00 bits per heavy atom. The van der Waals surface area contributed by atoms with Crippen molar-refractivity contribution in [3.05, 3.63) is 35.4 Å². The van der Waals surface area contributed by atoms with Gasteiger partial charge in [-0.2, -0.15) is 0 Å². The second kappa shape index (κ2) is 6.17. The zero-order valence-electron chi connectivity index (χ0n) is 11.8. The van der Waals surface area contributed by atoms with Crippen molar-refractivity contribution in [1.82, 2.24) is 4.90 Å². The first-order valence-corrected chi connectivity index (χ1v) is 6.54. The summed E-state index contributed by atoms with van der Waals surface area (Å²) in [6.07, 6.45) is 0.809. The van der Waals surface area contributed by atoms with Crippen LogP contribution in [-0.2, 0) is 20.8 Å². The van der Waals surface area contributed by atoms with E-state index in [1.54, 1.807) is 7.11 Å². The number of hydrogen-bond donors (Lipinski definition) is 0. The molecule has 2 atom stereocenters. The molecule has 104 valence electrons. The lowest BCUT2D eigenvalue weighted by molar-refractivity contribution is -0.146. The number of methoxy groups -OCH3 is 2. The molecule has 1 fully saturated rings. The number of likely N-dealkylation sites (tertiary alicyclic amines) is 1. The average molecular weight is 263 g/mol. The van der Waals surface area contributed by atoms with Crippen LogP contribution < -0.4 is 0 Å². The minimum atomic E-state index is -0.198. The number of carbonyl (C=O) groups is 1. The highest BCUT2D eigenvalue weighted by Gasteiger charge is 2.37. The molecule has 0 saturated carbocycles. The maximum Gasteiger partial charge on any atom is 0.323 e. The van der Waals surface area contributed by atoms with Crippen molar-refractivity contribution in [2.45, 2.75) is 32.0 Å². The summed E-state index contributed by atoms with van der Waals surface area (Å²) in [7, 11) is 3.13. The van der Waals surface area contributed by atoms with Crippen LogP contribution in [0.3, 0.4) is 0 Å². The average Bonchev–Trinajstić information content (AvgIpc) is 2.83. The van der Waals surface area contributed by atoms with Crippen molar-refractivity contribution in [3.8, 4) is 0 Å². The summed E-state index contributed by atoms with van der Waals surface area (Å²) in [6.45, 7) is 3.59. The fourth-order valence-corrected chi connectivity index (χ4v) is 2.52. The van der Waals surface area contributed by atoms with E-state index in [0.29, 0.717) is 6.42 Å². The summed E-state index contributed by atoms with van der Waals surface area (Å²) < 4.78 is 10.3. The molecule has 1 aliphatic rings. The Hall–Kier alpha value is -1.39. The molecule has 1 aromatic rings. The first kappa shape index (κ1) is 14.0. The van der Waals surface area contributed by atoms with Crippen LogP contribution in [-0.4, -0.2) is 43.8 Å². The molecule has 4 heteroatoms. The van der Waals surface area contributed by atoms with Crippen molar-refractivity contribution in [2.24, 2.45) is 0 Å². The zero-order chi connectivity index (χ0) is 13.8. The maximum atomic E-state index is 11.8. The Balaban J connectivity index is 2.07. The summed E-state index contributed by atoms with van der Waals surface area (Å²) in [6, 6.07) is 8.18. The van der Waals surface area contributed by atoms with Gasteiger partial charge in [-0.15, -0.1) is 0 Å². The van der Waals surface area contributed by atoms with E-state index in [-0.39, 0.29) is 18.1 Å². The molecule has 0 bridgehead atoms. The van der Waals surface area contributed by atoms with Crippen molar-refractivity contribution in [1.29, 1.82) is 0 Å². The lowest BCUT2D eigenvalue weighted by Gasteiger charge is -2.22. The molecule has 1 aromatic carbocycles. The van der Waals surface area contributed by atoms with E-state index in [1.807, 2.05) is 0 Å². The van der Waals surface area contributed by atoms with Gasteiger partial charge in [0.15, 0.2) is 0 Å². The third kappa shape index (κ3) is 3.33. The second-order valence-corrected chi connectivity index (χ2v) is 5.05. The van der Waals surface area contributed by atoms with Gasteiger partial charge in [0.1, 0.15) is 6.04 Å². The van der Waals surface area contributed by atoms with E-state index in [0.717, 1.165) is 13.1 Å². The maximum absolute atomic E-state index is 11.8. The number of benzene rings is 1. The minimum absolute atomic E-state index is 0.106. The van der Waals surface area contributed by atoms with Crippen LogP contribution in [0.25, 0.3) is 0 Å². The summed E-state index contributed by atoms with van der Waals surface area (Å²) >= 11 is 0. The van der Waals surface area contributed by atoms with Crippen LogP contribution in [0.2, 0.25) is 0 Å². The zero-order valence-corrected chi connectivity index (χ0v) is 11.8. The van der Waals surface area contributed by atoms with Gasteiger partial charge in [-0.25, -0.2) is 0 Å². The van der Waals surface area contributed by atoms with Gasteiger partial charge in [0.25, 0.3) is 0 Å². The standard InChI is InChI=1S/C15H21NO3/c1-11-4-6-12(7-5-11)9-16-10-13(18-2)8-14(16)15(17)19-3/h4-7,13-14H,8-10H2,1-3H3/t13-,14+/m0/s1. The number of aryl methyl sites for hydroxylation is 1. The van der Waals surface area contributed by atoms with Gasteiger partial charge < -0.3 is 9.47 Å². The molecule has 2 rings (SSSR count). The molecule has 19 heavy (non-hydrogen) atoms. The molecular weight excluding hydrogens is 242 g/mol. The first-order valence-electron chi connectivity index (χ1n) is 6.54. The Bertz CT molecular complexity index is 430. The molecule has 1 heterocycles. The van der Waals surface area contributed by atoms with E-state index in [2.05, 4.69) is 36.1 Å². The summed E-state index contributed by atoms with van der Waals surface area (Å²) in [5.74, 6) is -0.174. The fraction of sp³-hybridized carbons (Fsp3) is 0.533. The van der Waals surface area contributed by atoms with Crippen LogP contribution in [0.15, 0.2) is 24.3 Å². The van der Waals surface area contributed by atoms with Crippen LogP contribution in [0.1, 0.15) is 17.5 Å². The topological polar surface area (TPSA) is 38.8 Å². The first-order chi connectivity index (χ1) is 9.13. The van der Waals surface area contributed by atoms with Crippen LogP contribution in [0.5, 0.6) is 0 Å². The quantitative estimate of drug-likeness (QED) is 0.776. The van der Waals surface area contributed by atoms with Gasteiger partial charge in [-0.1, -0.05) is 29.8 Å². The van der Waals surface area contributed by atoms with E-state index >= 15 is 0 Å². The van der Waals surface area contributed by atoms with Gasteiger partial charge in [0.05, 0.1) is 13.2 Å². The summed E-state index contributed by atoms with van der Waals surface area (Å²) in [5.41, 5.74) is 2.45. The van der Waals surface area contributed by atoms with E-state index in [4.69, 9.17) is 9.47 Å². The van der Waals surface area contributed by atoms with Gasteiger partial charge in [-0.3, -0.25) is 9.69 Å². The molecule has 0 unspecified atom stereocenters. The predicted octanol–water partition coefficient (Wildman–Crippen LogP) is 1.76. The summed E-state index contributed by atoms with van der Waals surface area (Å²) in [4.78, 5) is 13.9. The SMILES string of the molecule is COC(=O)[C@H]1C[C@H](OC)CN1Cc1ccc(C)cc1. The molecule has 4 nitrogen and oxygen atoms in total. The number of ether oxygens (including phenoxy) is 2. The smallest absolute Gasteiger partial charge is 0.323 e. The van der Waals surface area contributed by atoms with Crippen LogP contribution in [0, 0.1) is 6.92 Å². The Labute approximate surface area is 114 Å². The fourth-order valence-electron chi connectivity index (χ4n) is 2.52. The number of rotatable bonds is 4. The third-order valence-electron chi connectivity index (χ3n) is 3.68. The Morgan fingerprint density at radius 1 is 1.32 bits per heavy atom. The van der Waals surface area contributed by atoms with E-state index in [9.17, 15) is 4.79 Å². The van der Waals surface area contributed by atoms with Crippen molar-refractivity contribution < 1.29 is 14.3 Å². The van der Waals surface area contributed by atoms with Gasteiger partial charge >= 0.3 is 5.97 Å². The van der Waals surface area contributed by atoms with Gasteiger partial charge in [-0.05, 0) is 12.5 Å². The molecule has 0 aliphatic carbocycles. The largest absolute Gasteiger partial charge is 0.468 e. The highest BCUT2D eigenvalue weighted by atomic mass is 16.5. The van der Waals surface area contributed by atoms with E-state index < -0.39 is 0 Å². The minimum Gasteiger partial charge on any atom is -0.468 e. The Morgan fingerprint density at radius 3 is 2.58 bits per heavy atom. The van der Waals surface area contributed by atoms with Crippen molar-refractivity contribution in [3.63, 3.8) is 0 Å². The molecule has 0 N–H and O–H groups in total. The molecule has 0 aromatic heterocycles. The molecule has 1 aliphatic heterocycles. The lowest BCUT2D eigenvalue weighted by atomic mass is 10.1. The van der Waals surface area contributed by atoms with Gasteiger partial charge in [0, 0.05) is 26.6 Å². The highest BCUT2D eigenvalue weighted by molar-refractivity contribution is 5.76. The second-order valence-electron chi connectivity index (χ2n) is 5.05. The number of esters is 1. The van der Waals surface area contributed by atoms with Crippen molar-refractivity contribution in [2.75, 3.05) is 20.8 Å². The number of carbonyl (C=O) groups excluding carboxylic acids is 1. The lowest BCUT2D eigenvalue weighted by Crippen LogP contribution is -2.36. The molecule has 1 saturated heterocycles. The monoisotopic (exact) mass is 263 g/mol. The molecule has 0 spiro atoms. The predicted molar refractivity (Wildman–Crippen MR) is 72.8 cm³/mol. The van der Waals surface area contributed by atoms with Crippen LogP contribution in [0.4, 0.5) is 0 Å². The van der Waals surface area contributed by atoms with Crippen LogP contribution >= 0.6 is 0 Å². The van der Waals surface area contributed by atoms with Crippen molar-refractivity contribution >= 4 is 5.97 Å². The number of nitrogens with zero attached hydrogens (tertiary/aromatic N) is 1. The molecular formula is C15H21NO3. The molecule has 0 amide bonds. The van der Waals surface area contributed by atoms with Gasteiger partial charge in [0.2, 0.25) is 0 Å². The van der Waals surface area contributed by atoms with E-state index in [1.165, 1.54) is 18.2 Å². The Kier molecular flexibility index (Phi) is 4.56. The number of hydrogen-bond acceptors (Lipinski definition) is 4. The highest BCUT2D eigenvalue weighted by Crippen LogP contribution is 2.23.